The lowest BCUT2D eigenvalue weighted by Crippen LogP contribution is -2.34. The molecule has 0 bridgehead atoms. The highest BCUT2D eigenvalue weighted by molar-refractivity contribution is 5.83. The molecule has 3 heteroatoms. The predicted molar refractivity (Wildman–Crippen MR) is 37.6 cm³/mol. The molecule has 0 amide bonds. The third-order valence-corrected chi connectivity index (χ3v) is 1.31. The fourth-order valence-corrected chi connectivity index (χ4v) is 0.722. The van der Waals surface area contributed by atoms with Crippen LogP contribution in [-0.2, 0) is 9.53 Å². The van der Waals surface area contributed by atoms with Gasteiger partial charge in [0.1, 0.15) is 0 Å². The summed E-state index contributed by atoms with van der Waals surface area (Å²) in [5.41, 5.74) is 1.12. The first-order valence-corrected chi connectivity index (χ1v) is 3.40. The molecule has 0 spiro atoms. The monoisotopic (exact) mass is 141 g/mol. The summed E-state index contributed by atoms with van der Waals surface area (Å²) in [6.07, 6.45) is 1.56. The van der Waals surface area contributed by atoms with Gasteiger partial charge >= 0.3 is 5.97 Å². The molecule has 1 rings (SSSR count). The standard InChI is InChI=1S/C7H11NO2/c1-2-10-7(9)3-6-4-8-5-6/h3,8H,2,4-5H2,1H3. The SMILES string of the molecule is CCOC(=O)C=C1CNC1. The van der Waals surface area contributed by atoms with Crippen LogP contribution in [0.4, 0.5) is 0 Å². The second-order valence-corrected chi connectivity index (χ2v) is 2.16. The van der Waals surface area contributed by atoms with E-state index in [1.807, 2.05) is 0 Å². The second-order valence-electron chi connectivity index (χ2n) is 2.16. The predicted octanol–water partition coefficient (Wildman–Crippen LogP) is 0.0791. The smallest absolute Gasteiger partial charge is 0.330 e. The number of nitrogens with one attached hydrogen (secondary N) is 1. The molecule has 1 aliphatic rings. The van der Waals surface area contributed by atoms with Crippen LogP contribution < -0.4 is 5.32 Å². The molecule has 1 aliphatic heterocycles. The van der Waals surface area contributed by atoms with Crippen molar-refractivity contribution in [1.29, 1.82) is 0 Å². The van der Waals surface area contributed by atoms with Crippen LogP contribution in [-0.4, -0.2) is 25.7 Å². The number of carbonyl (C=O) groups is 1. The van der Waals surface area contributed by atoms with Crippen LogP contribution in [0.1, 0.15) is 6.92 Å². The average molecular weight is 141 g/mol. The number of hydrogen-bond donors (Lipinski definition) is 1. The third-order valence-electron chi connectivity index (χ3n) is 1.31. The van der Waals surface area contributed by atoms with Crippen molar-refractivity contribution in [2.75, 3.05) is 19.7 Å². The summed E-state index contributed by atoms with van der Waals surface area (Å²) in [6, 6.07) is 0. The van der Waals surface area contributed by atoms with Crippen LogP contribution in [0.3, 0.4) is 0 Å². The van der Waals surface area contributed by atoms with Crippen molar-refractivity contribution >= 4 is 5.97 Å². The fraction of sp³-hybridized carbons (Fsp3) is 0.571. The van der Waals surface area contributed by atoms with E-state index in [1.165, 1.54) is 0 Å². The first-order chi connectivity index (χ1) is 4.83. The Morgan fingerprint density at radius 2 is 2.50 bits per heavy atom. The maximum absolute atomic E-state index is 10.7. The van der Waals surface area contributed by atoms with Crippen molar-refractivity contribution in [2.24, 2.45) is 0 Å². The Bertz CT molecular complexity index is 157. The molecular weight excluding hydrogens is 130 g/mol. The molecule has 1 N–H and O–H groups in total. The lowest BCUT2D eigenvalue weighted by molar-refractivity contribution is -0.137. The highest BCUT2D eigenvalue weighted by atomic mass is 16.5. The summed E-state index contributed by atoms with van der Waals surface area (Å²) in [5, 5.41) is 3.03. The zero-order valence-corrected chi connectivity index (χ0v) is 6.02. The van der Waals surface area contributed by atoms with Gasteiger partial charge in [0, 0.05) is 19.2 Å². The summed E-state index contributed by atoms with van der Waals surface area (Å²) >= 11 is 0. The summed E-state index contributed by atoms with van der Waals surface area (Å²) in [5.74, 6) is -0.223. The largest absolute Gasteiger partial charge is 0.463 e. The van der Waals surface area contributed by atoms with E-state index in [0.717, 1.165) is 18.7 Å². The first kappa shape index (κ1) is 7.28. The second kappa shape index (κ2) is 3.37. The van der Waals surface area contributed by atoms with E-state index in [9.17, 15) is 4.79 Å². The van der Waals surface area contributed by atoms with Crippen molar-refractivity contribution < 1.29 is 9.53 Å². The van der Waals surface area contributed by atoms with E-state index in [-0.39, 0.29) is 5.97 Å². The molecule has 0 saturated carbocycles. The highest BCUT2D eigenvalue weighted by Crippen LogP contribution is 1.99. The Morgan fingerprint density at radius 3 is 2.90 bits per heavy atom. The minimum Gasteiger partial charge on any atom is -0.463 e. The summed E-state index contributed by atoms with van der Waals surface area (Å²) in [4.78, 5) is 10.7. The topological polar surface area (TPSA) is 38.3 Å². The van der Waals surface area contributed by atoms with Crippen LogP contribution in [0.25, 0.3) is 0 Å². The minimum absolute atomic E-state index is 0.223. The van der Waals surface area contributed by atoms with Crippen LogP contribution in [0.15, 0.2) is 11.6 Å². The number of hydrogen-bond acceptors (Lipinski definition) is 3. The van der Waals surface area contributed by atoms with E-state index in [0.29, 0.717) is 6.61 Å². The van der Waals surface area contributed by atoms with E-state index in [2.05, 4.69) is 5.32 Å². The molecule has 3 nitrogen and oxygen atoms in total. The van der Waals surface area contributed by atoms with Crippen LogP contribution in [0.2, 0.25) is 0 Å². The van der Waals surface area contributed by atoms with Crippen LogP contribution in [0, 0.1) is 0 Å². The third kappa shape index (κ3) is 1.84. The number of rotatable bonds is 2. The maximum atomic E-state index is 10.7. The molecule has 0 atom stereocenters. The lowest BCUT2D eigenvalue weighted by Gasteiger charge is -2.17. The van der Waals surface area contributed by atoms with Gasteiger partial charge in [0.2, 0.25) is 0 Å². The number of ether oxygens (including phenoxy) is 1. The first-order valence-electron chi connectivity index (χ1n) is 3.40. The highest BCUT2D eigenvalue weighted by Gasteiger charge is 2.08. The molecular formula is C7H11NO2. The van der Waals surface area contributed by atoms with E-state index < -0.39 is 0 Å². The Labute approximate surface area is 60.1 Å². The molecule has 56 valence electrons. The van der Waals surface area contributed by atoms with Crippen LogP contribution >= 0.6 is 0 Å². The van der Waals surface area contributed by atoms with Gasteiger partial charge in [0.05, 0.1) is 6.61 Å². The molecule has 0 aliphatic carbocycles. The maximum Gasteiger partial charge on any atom is 0.330 e. The van der Waals surface area contributed by atoms with Gasteiger partial charge in [-0.15, -0.1) is 0 Å². The molecule has 0 unspecified atom stereocenters. The molecule has 0 aromatic rings. The van der Waals surface area contributed by atoms with Crippen molar-refractivity contribution in [3.8, 4) is 0 Å². The minimum atomic E-state index is -0.223. The lowest BCUT2D eigenvalue weighted by atomic mass is 10.1. The summed E-state index contributed by atoms with van der Waals surface area (Å²) in [6.45, 7) is 3.92. The summed E-state index contributed by atoms with van der Waals surface area (Å²) < 4.78 is 4.71. The van der Waals surface area contributed by atoms with E-state index >= 15 is 0 Å². The van der Waals surface area contributed by atoms with Crippen LogP contribution in [0.5, 0.6) is 0 Å². The zero-order valence-electron chi connectivity index (χ0n) is 6.02. The number of carbonyl (C=O) groups excluding carboxylic acids is 1. The summed E-state index contributed by atoms with van der Waals surface area (Å²) in [7, 11) is 0. The molecule has 0 aromatic carbocycles. The molecule has 1 fully saturated rings. The molecule has 1 saturated heterocycles. The van der Waals surface area contributed by atoms with Gasteiger partial charge < -0.3 is 10.1 Å². The van der Waals surface area contributed by atoms with Gasteiger partial charge in [-0.05, 0) is 12.5 Å². The zero-order chi connectivity index (χ0) is 7.40. The Hall–Kier alpha value is -0.830. The van der Waals surface area contributed by atoms with Gasteiger partial charge in [-0.1, -0.05) is 0 Å². The van der Waals surface area contributed by atoms with Crippen molar-refractivity contribution in [3.05, 3.63) is 11.6 Å². The van der Waals surface area contributed by atoms with Crippen molar-refractivity contribution in [1.82, 2.24) is 5.32 Å². The van der Waals surface area contributed by atoms with Gasteiger partial charge in [0.15, 0.2) is 0 Å². The van der Waals surface area contributed by atoms with Gasteiger partial charge in [-0.25, -0.2) is 4.79 Å². The number of esters is 1. The molecule has 1 heterocycles. The normalized spacial score (nSPS) is 15.9. The van der Waals surface area contributed by atoms with Gasteiger partial charge in [0.25, 0.3) is 0 Å². The molecule has 0 aromatic heterocycles. The van der Waals surface area contributed by atoms with Gasteiger partial charge in [-0.3, -0.25) is 0 Å². The molecule has 10 heavy (non-hydrogen) atoms. The fourth-order valence-electron chi connectivity index (χ4n) is 0.722. The quantitative estimate of drug-likeness (QED) is 0.437. The van der Waals surface area contributed by atoms with Gasteiger partial charge in [-0.2, -0.15) is 0 Å². The Morgan fingerprint density at radius 1 is 1.80 bits per heavy atom. The average Bonchev–Trinajstić information content (AvgIpc) is 1.80. The van der Waals surface area contributed by atoms with Crippen molar-refractivity contribution in [2.45, 2.75) is 6.92 Å². The van der Waals surface area contributed by atoms with E-state index in [1.54, 1.807) is 13.0 Å². The Kier molecular flexibility index (Phi) is 2.45. The molecule has 0 radical (unpaired) electrons. The van der Waals surface area contributed by atoms with Crippen molar-refractivity contribution in [3.63, 3.8) is 0 Å². The van der Waals surface area contributed by atoms with E-state index in [4.69, 9.17) is 4.74 Å². The Balaban J connectivity index is 2.28.